The summed E-state index contributed by atoms with van der Waals surface area (Å²) in [6.45, 7) is 2.84. The van der Waals surface area contributed by atoms with E-state index in [1.54, 1.807) is 11.0 Å². The Bertz CT molecular complexity index is 1070. The van der Waals surface area contributed by atoms with E-state index in [0.29, 0.717) is 13.2 Å². The summed E-state index contributed by atoms with van der Waals surface area (Å²) in [6, 6.07) is 12.7. The van der Waals surface area contributed by atoms with E-state index < -0.39 is 11.7 Å². The number of benzene rings is 2. The zero-order valence-electron chi connectivity index (χ0n) is 16.2. The zero-order valence-corrected chi connectivity index (χ0v) is 16.2. The fraction of sp³-hybridized carbons (Fsp3) is 0.238. The number of hydrogen-bond donors (Lipinski definition) is 1. The zero-order chi connectivity index (χ0) is 21.1. The van der Waals surface area contributed by atoms with Crippen LogP contribution in [-0.2, 0) is 4.79 Å². The van der Waals surface area contributed by atoms with Gasteiger partial charge in [-0.2, -0.15) is 0 Å². The Morgan fingerprint density at radius 1 is 1.23 bits per heavy atom. The van der Waals surface area contributed by atoms with Crippen molar-refractivity contribution in [2.24, 2.45) is 0 Å². The summed E-state index contributed by atoms with van der Waals surface area (Å²) in [5.41, 5.74) is 0.619. The fourth-order valence-corrected chi connectivity index (χ4v) is 3.27. The van der Waals surface area contributed by atoms with Crippen molar-refractivity contribution in [2.75, 3.05) is 23.4 Å². The van der Waals surface area contributed by atoms with E-state index in [2.05, 4.69) is 15.5 Å². The molecule has 0 aliphatic carbocycles. The van der Waals surface area contributed by atoms with Gasteiger partial charge in [0.15, 0.2) is 0 Å². The molecule has 1 fully saturated rings. The maximum Gasteiger partial charge on any atom is 0.322 e. The van der Waals surface area contributed by atoms with Crippen LogP contribution in [0.25, 0.3) is 0 Å². The Labute approximate surface area is 171 Å². The quantitative estimate of drug-likeness (QED) is 0.669. The minimum atomic E-state index is -0.693. The second-order valence-corrected chi connectivity index (χ2v) is 6.71. The van der Waals surface area contributed by atoms with Crippen molar-refractivity contribution in [3.8, 4) is 5.75 Å². The SMILES string of the molecule is CCOc1ccc(N2C[C@@H](c3nnc(NC(=O)c4ccccc4F)o3)CC2=O)cc1. The lowest BCUT2D eigenvalue weighted by atomic mass is 10.1. The van der Waals surface area contributed by atoms with Gasteiger partial charge in [0.1, 0.15) is 11.6 Å². The number of halogens is 1. The molecule has 2 aromatic carbocycles. The molecule has 1 aliphatic rings. The molecule has 0 saturated carbocycles. The number of aromatic nitrogens is 2. The van der Waals surface area contributed by atoms with E-state index >= 15 is 0 Å². The lowest BCUT2D eigenvalue weighted by Crippen LogP contribution is -2.24. The van der Waals surface area contributed by atoms with Crippen LogP contribution in [-0.4, -0.2) is 35.2 Å². The van der Waals surface area contributed by atoms with Crippen LogP contribution in [0.5, 0.6) is 5.75 Å². The molecule has 1 N–H and O–H groups in total. The lowest BCUT2D eigenvalue weighted by molar-refractivity contribution is -0.117. The van der Waals surface area contributed by atoms with Crippen molar-refractivity contribution in [2.45, 2.75) is 19.3 Å². The van der Waals surface area contributed by atoms with Gasteiger partial charge >= 0.3 is 6.01 Å². The summed E-state index contributed by atoms with van der Waals surface area (Å²) >= 11 is 0. The molecule has 1 atom stereocenters. The van der Waals surface area contributed by atoms with Crippen molar-refractivity contribution >= 4 is 23.5 Å². The molecular formula is C21H19FN4O4. The number of nitrogens with zero attached hydrogens (tertiary/aromatic N) is 3. The highest BCUT2D eigenvalue weighted by Crippen LogP contribution is 2.32. The molecule has 1 aliphatic heterocycles. The van der Waals surface area contributed by atoms with Crippen LogP contribution in [0.3, 0.4) is 0 Å². The maximum absolute atomic E-state index is 13.7. The summed E-state index contributed by atoms with van der Waals surface area (Å²) < 4.78 is 24.7. The number of carbonyl (C=O) groups excluding carboxylic acids is 2. The molecule has 0 spiro atoms. The summed E-state index contributed by atoms with van der Waals surface area (Å²) in [5.74, 6) is -0.754. The first-order chi connectivity index (χ1) is 14.5. The average Bonchev–Trinajstić information content (AvgIpc) is 3.36. The second-order valence-electron chi connectivity index (χ2n) is 6.71. The van der Waals surface area contributed by atoms with Crippen LogP contribution < -0.4 is 15.0 Å². The second kappa shape index (κ2) is 8.32. The van der Waals surface area contributed by atoms with Crippen LogP contribution in [0, 0.1) is 5.82 Å². The average molecular weight is 410 g/mol. The molecule has 2 heterocycles. The van der Waals surface area contributed by atoms with Crippen LogP contribution in [0.15, 0.2) is 52.9 Å². The highest BCUT2D eigenvalue weighted by molar-refractivity contribution is 6.03. The van der Waals surface area contributed by atoms with Gasteiger partial charge in [0, 0.05) is 18.7 Å². The Morgan fingerprint density at radius 3 is 2.73 bits per heavy atom. The topological polar surface area (TPSA) is 97.6 Å². The Hall–Kier alpha value is -3.75. The van der Waals surface area contributed by atoms with Gasteiger partial charge in [-0.15, -0.1) is 5.10 Å². The summed E-state index contributed by atoms with van der Waals surface area (Å²) in [5, 5.41) is 10.1. The van der Waals surface area contributed by atoms with Crippen LogP contribution in [0.4, 0.5) is 16.1 Å². The number of hydrogen-bond acceptors (Lipinski definition) is 6. The first-order valence-electron chi connectivity index (χ1n) is 9.47. The van der Waals surface area contributed by atoms with Gasteiger partial charge in [-0.3, -0.25) is 14.9 Å². The van der Waals surface area contributed by atoms with Gasteiger partial charge in [-0.25, -0.2) is 4.39 Å². The van der Waals surface area contributed by atoms with Crippen molar-refractivity contribution in [1.82, 2.24) is 10.2 Å². The van der Waals surface area contributed by atoms with Crippen molar-refractivity contribution in [3.05, 3.63) is 65.8 Å². The molecule has 0 bridgehead atoms. The fourth-order valence-electron chi connectivity index (χ4n) is 3.27. The first kappa shape index (κ1) is 19.6. The van der Waals surface area contributed by atoms with Gasteiger partial charge in [0.2, 0.25) is 11.8 Å². The number of carbonyl (C=O) groups is 2. The number of rotatable bonds is 6. The Balaban J connectivity index is 1.43. The van der Waals surface area contributed by atoms with Crippen molar-refractivity contribution in [1.29, 1.82) is 0 Å². The molecule has 0 unspecified atom stereocenters. The van der Waals surface area contributed by atoms with Gasteiger partial charge in [0.25, 0.3) is 5.91 Å². The maximum atomic E-state index is 13.7. The molecule has 8 nitrogen and oxygen atoms in total. The molecule has 9 heteroatoms. The Morgan fingerprint density at radius 2 is 2.00 bits per heavy atom. The van der Waals surface area contributed by atoms with Crippen LogP contribution in [0.2, 0.25) is 0 Å². The molecule has 1 aromatic heterocycles. The van der Waals surface area contributed by atoms with E-state index in [1.807, 2.05) is 31.2 Å². The number of anilines is 2. The molecule has 154 valence electrons. The summed E-state index contributed by atoms with van der Waals surface area (Å²) in [7, 11) is 0. The lowest BCUT2D eigenvalue weighted by Gasteiger charge is -2.16. The van der Waals surface area contributed by atoms with E-state index in [9.17, 15) is 14.0 Å². The molecule has 3 aromatic rings. The predicted molar refractivity (Wildman–Crippen MR) is 106 cm³/mol. The third kappa shape index (κ3) is 4.00. The van der Waals surface area contributed by atoms with Crippen LogP contribution in [0.1, 0.15) is 35.5 Å². The predicted octanol–water partition coefficient (Wildman–Crippen LogP) is 3.38. The largest absolute Gasteiger partial charge is 0.494 e. The highest BCUT2D eigenvalue weighted by atomic mass is 19.1. The highest BCUT2D eigenvalue weighted by Gasteiger charge is 2.35. The van der Waals surface area contributed by atoms with Gasteiger partial charge in [-0.1, -0.05) is 17.2 Å². The standard InChI is InChI=1S/C21H19FN4O4/c1-2-29-15-9-7-14(8-10-15)26-12-13(11-18(26)27)20-24-25-21(30-20)23-19(28)16-5-3-4-6-17(16)22/h3-10,13H,2,11-12H2,1H3,(H,23,25,28)/t13-/m0/s1. The number of ether oxygens (including phenoxy) is 1. The summed E-state index contributed by atoms with van der Waals surface area (Å²) in [4.78, 5) is 26.3. The van der Waals surface area contributed by atoms with E-state index in [1.165, 1.54) is 18.2 Å². The van der Waals surface area contributed by atoms with E-state index in [0.717, 1.165) is 11.4 Å². The van der Waals surface area contributed by atoms with E-state index in [-0.39, 0.29) is 35.7 Å². The third-order valence-corrected chi connectivity index (χ3v) is 4.71. The number of amides is 2. The first-order valence-corrected chi connectivity index (χ1v) is 9.47. The number of nitrogens with one attached hydrogen (secondary N) is 1. The molecule has 2 amide bonds. The van der Waals surface area contributed by atoms with Gasteiger partial charge in [-0.05, 0) is 43.3 Å². The monoisotopic (exact) mass is 410 g/mol. The third-order valence-electron chi connectivity index (χ3n) is 4.71. The molecule has 0 radical (unpaired) electrons. The normalized spacial score (nSPS) is 16.0. The van der Waals surface area contributed by atoms with Crippen molar-refractivity contribution < 1.29 is 23.1 Å². The van der Waals surface area contributed by atoms with Crippen LogP contribution >= 0.6 is 0 Å². The van der Waals surface area contributed by atoms with Gasteiger partial charge in [0.05, 0.1) is 18.1 Å². The summed E-state index contributed by atoms with van der Waals surface area (Å²) in [6.07, 6.45) is 0.204. The van der Waals surface area contributed by atoms with E-state index in [4.69, 9.17) is 9.15 Å². The van der Waals surface area contributed by atoms with Crippen molar-refractivity contribution in [3.63, 3.8) is 0 Å². The molecule has 4 rings (SSSR count). The van der Waals surface area contributed by atoms with Gasteiger partial charge < -0.3 is 14.1 Å². The minimum absolute atomic E-state index is 0.0701. The molecule has 1 saturated heterocycles. The molecular weight excluding hydrogens is 391 g/mol. The molecule has 30 heavy (non-hydrogen) atoms. The minimum Gasteiger partial charge on any atom is -0.494 e. The smallest absolute Gasteiger partial charge is 0.322 e. The Kier molecular flexibility index (Phi) is 5.42.